The molecule has 0 saturated carbocycles. The summed E-state index contributed by atoms with van der Waals surface area (Å²) in [6, 6.07) is 12.0. The molecule has 118 valence electrons. The summed E-state index contributed by atoms with van der Waals surface area (Å²) in [6.07, 6.45) is -0.380. The van der Waals surface area contributed by atoms with Crippen molar-refractivity contribution in [2.75, 3.05) is 13.7 Å². The Morgan fingerprint density at radius 2 is 1.95 bits per heavy atom. The number of ether oxygens (including phenoxy) is 2. The van der Waals surface area contributed by atoms with Gasteiger partial charge < -0.3 is 14.8 Å². The van der Waals surface area contributed by atoms with Gasteiger partial charge in [0.05, 0.1) is 13.2 Å². The van der Waals surface area contributed by atoms with Crippen molar-refractivity contribution in [2.45, 2.75) is 19.9 Å². The normalized spacial score (nSPS) is 19.8. The van der Waals surface area contributed by atoms with E-state index in [0.717, 1.165) is 22.1 Å². The van der Waals surface area contributed by atoms with E-state index in [0.29, 0.717) is 6.61 Å². The lowest BCUT2D eigenvalue weighted by Gasteiger charge is -2.39. The predicted octanol–water partition coefficient (Wildman–Crippen LogP) is 4.08. The molecule has 1 aliphatic heterocycles. The number of hydrogen-bond donors (Lipinski definition) is 1. The van der Waals surface area contributed by atoms with Gasteiger partial charge in [-0.3, -0.25) is 0 Å². The topological polar surface area (TPSA) is 47.6 Å². The monoisotopic (exact) mass is 321 g/mol. The molecule has 1 saturated heterocycles. The molecule has 0 aliphatic carbocycles. The molecule has 3 rings (SSSR count). The van der Waals surface area contributed by atoms with E-state index in [1.54, 1.807) is 7.11 Å². The molecule has 0 unspecified atom stereocenters. The van der Waals surface area contributed by atoms with Gasteiger partial charge in [-0.2, -0.15) is 0 Å². The Kier molecular flexibility index (Phi) is 4.52. The number of carbonyl (C=O) groups is 1. The third-order valence-electron chi connectivity index (χ3n) is 4.06. The molecule has 4 nitrogen and oxygen atoms in total. The summed E-state index contributed by atoms with van der Waals surface area (Å²) < 4.78 is 10.7. The molecule has 1 amide bonds. The first-order valence-corrected chi connectivity index (χ1v) is 7.02. The highest BCUT2D eigenvalue weighted by atomic mass is 35.5. The van der Waals surface area contributed by atoms with Gasteiger partial charge in [0.15, 0.2) is 0 Å². The number of benzene rings is 2. The SMILES string of the molecule is COc1ccc2ccccc2c1[C@H]1NC(=O)OCC1(C)C.Cl. The molecule has 0 radical (unpaired) electrons. The van der Waals surface area contributed by atoms with E-state index in [1.165, 1.54) is 0 Å². The summed E-state index contributed by atoms with van der Waals surface area (Å²) in [4.78, 5) is 11.7. The van der Waals surface area contributed by atoms with Crippen molar-refractivity contribution in [2.24, 2.45) is 5.41 Å². The summed E-state index contributed by atoms with van der Waals surface area (Å²) in [5, 5.41) is 5.17. The molecule has 2 aromatic carbocycles. The average Bonchev–Trinajstić information content (AvgIpc) is 2.49. The van der Waals surface area contributed by atoms with E-state index in [-0.39, 0.29) is 30.0 Å². The van der Waals surface area contributed by atoms with Crippen molar-refractivity contribution < 1.29 is 14.3 Å². The molecular weight excluding hydrogens is 302 g/mol. The second-order valence-corrected chi connectivity index (χ2v) is 6.04. The van der Waals surface area contributed by atoms with Gasteiger partial charge >= 0.3 is 6.09 Å². The van der Waals surface area contributed by atoms with E-state index < -0.39 is 0 Å². The van der Waals surface area contributed by atoms with Crippen LogP contribution in [-0.4, -0.2) is 19.8 Å². The molecule has 1 heterocycles. The number of amides is 1. The standard InChI is InChI=1S/C17H19NO3.ClH/c1-17(2)10-21-16(19)18-15(17)14-12-7-5-4-6-11(12)8-9-13(14)20-3;/h4-9,15H,10H2,1-3H3,(H,18,19);1H/t15-;/m1./s1. The fraction of sp³-hybridized carbons (Fsp3) is 0.353. The van der Waals surface area contributed by atoms with Crippen LogP contribution in [0.3, 0.4) is 0 Å². The average molecular weight is 322 g/mol. The van der Waals surface area contributed by atoms with Gasteiger partial charge in [0.1, 0.15) is 12.4 Å². The summed E-state index contributed by atoms with van der Waals surface area (Å²) in [7, 11) is 1.65. The second kappa shape index (κ2) is 6.05. The first-order valence-electron chi connectivity index (χ1n) is 7.02. The van der Waals surface area contributed by atoms with Gasteiger partial charge in [-0.1, -0.05) is 44.2 Å². The highest BCUT2D eigenvalue weighted by Crippen LogP contribution is 2.43. The minimum absolute atomic E-state index is 0. The first-order chi connectivity index (χ1) is 10.0. The molecule has 0 spiro atoms. The number of carbonyl (C=O) groups excluding carboxylic acids is 1. The number of nitrogens with one attached hydrogen (secondary N) is 1. The molecule has 5 heteroatoms. The van der Waals surface area contributed by atoms with Crippen LogP contribution in [0.15, 0.2) is 36.4 Å². The van der Waals surface area contributed by atoms with E-state index in [2.05, 4.69) is 31.3 Å². The maximum absolute atomic E-state index is 11.7. The number of halogens is 1. The van der Waals surface area contributed by atoms with Crippen LogP contribution in [0, 0.1) is 5.41 Å². The summed E-state index contributed by atoms with van der Waals surface area (Å²) in [5.41, 5.74) is 0.794. The van der Waals surface area contributed by atoms with E-state index >= 15 is 0 Å². The van der Waals surface area contributed by atoms with Crippen LogP contribution in [0.25, 0.3) is 10.8 Å². The minimum Gasteiger partial charge on any atom is -0.496 e. The molecule has 1 aliphatic rings. The smallest absolute Gasteiger partial charge is 0.407 e. The van der Waals surface area contributed by atoms with Crippen molar-refractivity contribution in [3.05, 3.63) is 42.0 Å². The predicted molar refractivity (Wildman–Crippen MR) is 88.8 cm³/mol. The molecule has 0 aromatic heterocycles. The first kappa shape index (κ1) is 16.4. The van der Waals surface area contributed by atoms with Gasteiger partial charge in [0, 0.05) is 11.0 Å². The third-order valence-corrected chi connectivity index (χ3v) is 4.06. The van der Waals surface area contributed by atoms with Crippen LogP contribution in [0.1, 0.15) is 25.5 Å². The Bertz CT molecular complexity index is 699. The third kappa shape index (κ3) is 2.71. The van der Waals surface area contributed by atoms with Crippen LogP contribution in [0.5, 0.6) is 5.75 Å². The fourth-order valence-electron chi connectivity index (χ4n) is 2.90. The molecule has 0 bridgehead atoms. The summed E-state index contributed by atoms with van der Waals surface area (Å²) in [5.74, 6) is 0.786. The van der Waals surface area contributed by atoms with Crippen LogP contribution in [0.4, 0.5) is 4.79 Å². The zero-order chi connectivity index (χ0) is 15.0. The minimum atomic E-state index is -0.380. The number of hydrogen-bond acceptors (Lipinski definition) is 3. The zero-order valence-electron chi connectivity index (χ0n) is 12.9. The van der Waals surface area contributed by atoms with Crippen molar-refractivity contribution >= 4 is 29.3 Å². The number of rotatable bonds is 2. The Morgan fingerprint density at radius 3 is 2.68 bits per heavy atom. The number of methoxy groups -OCH3 is 1. The highest BCUT2D eigenvalue weighted by molar-refractivity contribution is 5.89. The molecule has 2 aromatic rings. The van der Waals surface area contributed by atoms with Gasteiger partial charge in [-0.05, 0) is 16.8 Å². The van der Waals surface area contributed by atoms with Gasteiger partial charge in [0.25, 0.3) is 0 Å². The van der Waals surface area contributed by atoms with Gasteiger partial charge in [0.2, 0.25) is 0 Å². The van der Waals surface area contributed by atoms with Crippen molar-refractivity contribution in [3.8, 4) is 5.75 Å². The molecule has 22 heavy (non-hydrogen) atoms. The van der Waals surface area contributed by atoms with E-state index in [1.807, 2.05) is 24.3 Å². The lowest BCUT2D eigenvalue weighted by molar-refractivity contribution is 0.0385. The maximum Gasteiger partial charge on any atom is 0.407 e. The van der Waals surface area contributed by atoms with Crippen molar-refractivity contribution in [1.29, 1.82) is 0 Å². The molecule has 1 atom stereocenters. The Balaban J connectivity index is 0.00000176. The van der Waals surface area contributed by atoms with Gasteiger partial charge in [-0.25, -0.2) is 4.79 Å². The summed E-state index contributed by atoms with van der Waals surface area (Å²) in [6.45, 7) is 4.55. The Labute approximate surface area is 136 Å². The number of fused-ring (bicyclic) bond motifs is 1. The van der Waals surface area contributed by atoms with Crippen LogP contribution in [0.2, 0.25) is 0 Å². The number of alkyl carbamates (subject to hydrolysis) is 1. The van der Waals surface area contributed by atoms with Crippen molar-refractivity contribution in [3.63, 3.8) is 0 Å². The zero-order valence-corrected chi connectivity index (χ0v) is 13.7. The largest absolute Gasteiger partial charge is 0.496 e. The molecular formula is C17H20ClNO3. The second-order valence-electron chi connectivity index (χ2n) is 6.04. The fourth-order valence-corrected chi connectivity index (χ4v) is 2.90. The lowest BCUT2D eigenvalue weighted by Crippen LogP contribution is -2.47. The van der Waals surface area contributed by atoms with Crippen LogP contribution < -0.4 is 10.1 Å². The Hall–Kier alpha value is -1.94. The number of cyclic esters (lactones) is 1. The Morgan fingerprint density at radius 1 is 1.23 bits per heavy atom. The van der Waals surface area contributed by atoms with Crippen molar-refractivity contribution in [1.82, 2.24) is 5.32 Å². The lowest BCUT2D eigenvalue weighted by atomic mass is 9.78. The quantitative estimate of drug-likeness (QED) is 0.906. The molecule has 1 fully saturated rings. The van der Waals surface area contributed by atoms with E-state index in [4.69, 9.17) is 9.47 Å². The maximum atomic E-state index is 11.7. The highest BCUT2D eigenvalue weighted by Gasteiger charge is 2.40. The van der Waals surface area contributed by atoms with Crippen LogP contribution in [-0.2, 0) is 4.74 Å². The van der Waals surface area contributed by atoms with Crippen LogP contribution >= 0.6 is 12.4 Å². The molecule has 1 N–H and O–H groups in total. The van der Waals surface area contributed by atoms with Gasteiger partial charge in [-0.15, -0.1) is 12.4 Å². The summed E-state index contributed by atoms with van der Waals surface area (Å²) >= 11 is 0. The van der Waals surface area contributed by atoms with E-state index in [9.17, 15) is 4.79 Å².